The molecule has 2 unspecified atom stereocenters. The third-order valence-corrected chi connectivity index (χ3v) is 3.80. The molecule has 1 aromatic carbocycles. The fourth-order valence-corrected chi connectivity index (χ4v) is 2.78. The third kappa shape index (κ3) is 1.58. The highest BCUT2D eigenvalue weighted by atomic mass is 32.2. The predicted molar refractivity (Wildman–Crippen MR) is 51.4 cm³/mol. The van der Waals surface area contributed by atoms with E-state index in [2.05, 4.69) is 0 Å². The number of halogens is 1. The number of hydrogen-bond acceptors (Lipinski definition) is 2. The number of thioether (sulfide) groups is 1. The number of rotatable bonds is 1. The van der Waals surface area contributed by atoms with Crippen LogP contribution in [-0.2, 0) is 6.42 Å². The SMILES string of the molecule is CC(O)C1Cc2c(F)cccc2S1. The topological polar surface area (TPSA) is 20.2 Å². The molecule has 2 atom stereocenters. The second kappa shape index (κ2) is 3.31. The largest absolute Gasteiger partial charge is 0.392 e. The van der Waals surface area contributed by atoms with Crippen molar-refractivity contribution in [3.63, 3.8) is 0 Å². The van der Waals surface area contributed by atoms with E-state index in [0.29, 0.717) is 6.42 Å². The molecule has 3 heteroatoms. The van der Waals surface area contributed by atoms with Crippen LogP contribution in [0.1, 0.15) is 12.5 Å². The van der Waals surface area contributed by atoms with Gasteiger partial charge in [-0.15, -0.1) is 11.8 Å². The minimum atomic E-state index is -0.378. The number of aliphatic hydroxyl groups is 1. The van der Waals surface area contributed by atoms with Crippen LogP contribution in [-0.4, -0.2) is 16.5 Å². The van der Waals surface area contributed by atoms with E-state index in [0.717, 1.165) is 10.5 Å². The summed E-state index contributed by atoms with van der Waals surface area (Å²) in [5.41, 5.74) is 0.762. The van der Waals surface area contributed by atoms with E-state index in [1.165, 1.54) is 6.07 Å². The van der Waals surface area contributed by atoms with E-state index in [4.69, 9.17) is 0 Å². The lowest BCUT2D eigenvalue weighted by Crippen LogP contribution is -2.18. The van der Waals surface area contributed by atoms with Crippen LogP contribution in [0.5, 0.6) is 0 Å². The smallest absolute Gasteiger partial charge is 0.127 e. The fourth-order valence-electron chi connectivity index (χ4n) is 1.52. The van der Waals surface area contributed by atoms with E-state index >= 15 is 0 Å². The lowest BCUT2D eigenvalue weighted by Gasteiger charge is -2.10. The van der Waals surface area contributed by atoms with Crippen molar-refractivity contribution in [2.75, 3.05) is 0 Å². The average molecular weight is 198 g/mol. The molecule has 0 amide bonds. The Hall–Kier alpha value is -0.540. The first-order chi connectivity index (χ1) is 6.18. The Morgan fingerprint density at radius 1 is 1.62 bits per heavy atom. The Morgan fingerprint density at radius 3 is 3.00 bits per heavy atom. The molecule has 1 heterocycles. The lowest BCUT2D eigenvalue weighted by atomic mass is 10.1. The van der Waals surface area contributed by atoms with Gasteiger partial charge < -0.3 is 5.11 Å². The zero-order valence-electron chi connectivity index (χ0n) is 7.33. The maximum absolute atomic E-state index is 13.2. The van der Waals surface area contributed by atoms with E-state index in [1.807, 2.05) is 6.07 Å². The van der Waals surface area contributed by atoms with Crippen LogP contribution in [0, 0.1) is 5.82 Å². The van der Waals surface area contributed by atoms with Gasteiger partial charge in [-0.3, -0.25) is 0 Å². The quantitative estimate of drug-likeness (QED) is 0.746. The van der Waals surface area contributed by atoms with E-state index in [1.54, 1.807) is 24.8 Å². The van der Waals surface area contributed by atoms with Crippen molar-refractivity contribution in [3.05, 3.63) is 29.6 Å². The number of benzene rings is 1. The van der Waals surface area contributed by atoms with E-state index in [9.17, 15) is 9.50 Å². The van der Waals surface area contributed by atoms with Crippen LogP contribution in [0.15, 0.2) is 23.1 Å². The summed E-state index contributed by atoms with van der Waals surface area (Å²) < 4.78 is 13.2. The van der Waals surface area contributed by atoms with E-state index < -0.39 is 0 Å². The lowest BCUT2D eigenvalue weighted by molar-refractivity contribution is 0.192. The molecule has 0 bridgehead atoms. The van der Waals surface area contributed by atoms with Gasteiger partial charge in [0.15, 0.2) is 0 Å². The summed E-state index contributed by atoms with van der Waals surface area (Å²) in [5, 5.41) is 9.49. The van der Waals surface area contributed by atoms with Crippen molar-refractivity contribution in [2.24, 2.45) is 0 Å². The van der Waals surface area contributed by atoms with Crippen molar-refractivity contribution in [1.29, 1.82) is 0 Å². The zero-order chi connectivity index (χ0) is 9.42. The van der Waals surface area contributed by atoms with Crippen molar-refractivity contribution in [3.8, 4) is 0 Å². The molecule has 13 heavy (non-hydrogen) atoms. The van der Waals surface area contributed by atoms with Crippen LogP contribution in [0.3, 0.4) is 0 Å². The summed E-state index contributed by atoms with van der Waals surface area (Å²) in [7, 11) is 0. The number of fused-ring (bicyclic) bond motifs is 1. The van der Waals surface area contributed by atoms with Crippen molar-refractivity contribution >= 4 is 11.8 Å². The maximum atomic E-state index is 13.2. The number of aliphatic hydroxyl groups excluding tert-OH is 1. The Kier molecular flexibility index (Phi) is 2.30. The first-order valence-electron chi connectivity index (χ1n) is 4.30. The fraction of sp³-hybridized carbons (Fsp3) is 0.400. The molecule has 1 aliphatic heterocycles. The maximum Gasteiger partial charge on any atom is 0.127 e. The molecule has 0 saturated carbocycles. The second-order valence-electron chi connectivity index (χ2n) is 3.32. The molecular formula is C10H11FOS. The Labute approximate surface area is 81.0 Å². The number of hydrogen-bond donors (Lipinski definition) is 1. The van der Waals surface area contributed by atoms with Crippen molar-refractivity contribution in [1.82, 2.24) is 0 Å². The molecule has 1 aliphatic rings. The van der Waals surface area contributed by atoms with Crippen LogP contribution >= 0.6 is 11.8 Å². The molecule has 1 nitrogen and oxygen atoms in total. The molecule has 70 valence electrons. The van der Waals surface area contributed by atoms with Crippen LogP contribution < -0.4 is 0 Å². The molecule has 0 fully saturated rings. The summed E-state index contributed by atoms with van der Waals surface area (Å²) in [5.74, 6) is -0.145. The Bertz CT molecular complexity index is 325. The molecule has 0 aromatic heterocycles. The van der Waals surface area contributed by atoms with Gasteiger partial charge in [-0.1, -0.05) is 6.07 Å². The molecule has 2 rings (SSSR count). The van der Waals surface area contributed by atoms with Gasteiger partial charge in [0, 0.05) is 15.7 Å². The Morgan fingerprint density at radius 2 is 2.38 bits per heavy atom. The summed E-state index contributed by atoms with van der Waals surface area (Å²) >= 11 is 1.57. The molecule has 0 radical (unpaired) electrons. The molecule has 0 spiro atoms. The highest BCUT2D eigenvalue weighted by molar-refractivity contribution is 8.00. The molecule has 1 aromatic rings. The van der Waals surface area contributed by atoms with Crippen LogP contribution in [0.2, 0.25) is 0 Å². The minimum absolute atomic E-state index is 0.117. The normalized spacial score (nSPS) is 22.8. The summed E-state index contributed by atoms with van der Waals surface area (Å²) in [4.78, 5) is 0.978. The average Bonchev–Trinajstić information content (AvgIpc) is 2.49. The second-order valence-corrected chi connectivity index (χ2v) is 4.60. The summed E-state index contributed by atoms with van der Waals surface area (Å²) in [6.07, 6.45) is 0.265. The first-order valence-corrected chi connectivity index (χ1v) is 5.18. The van der Waals surface area contributed by atoms with Crippen molar-refractivity contribution in [2.45, 2.75) is 29.6 Å². The molecule has 1 N–H and O–H groups in total. The zero-order valence-corrected chi connectivity index (χ0v) is 8.14. The van der Waals surface area contributed by atoms with Gasteiger partial charge in [0.25, 0.3) is 0 Å². The standard InChI is InChI=1S/C10H11FOS/c1-6(12)10-5-7-8(11)3-2-4-9(7)13-10/h2-4,6,10,12H,5H2,1H3. The highest BCUT2D eigenvalue weighted by Gasteiger charge is 2.27. The molecular weight excluding hydrogens is 187 g/mol. The van der Waals surface area contributed by atoms with Gasteiger partial charge in [0.05, 0.1) is 6.10 Å². The van der Waals surface area contributed by atoms with Gasteiger partial charge >= 0.3 is 0 Å². The summed E-state index contributed by atoms with van der Waals surface area (Å²) in [6.45, 7) is 1.75. The van der Waals surface area contributed by atoms with Crippen molar-refractivity contribution < 1.29 is 9.50 Å². The highest BCUT2D eigenvalue weighted by Crippen LogP contribution is 2.39. The van der Waals surface area contributed by atoms with Crippen LogP contribution in [0.4, 0.5) is 4.39 Å². The van der Waals surface area contributed by atoms with Gasteiger partial charge in [-0.05, 0) is 25.5 Å². The first kappa shape index (κ1) is 9.03. The van der Waals surface area contributed by atoms with Gasteiger partial charge in [0.1, 0.15) is 5.82 Å². The molecule has 0 aliphatic carbocycles. The minimum Gasteiger partial charge on any atom is -0.392 e. The van der Waals surface area contributed by atoms with Gasteiger partial charge in [0.2, 0.25) is 0 Å². The predicted octanol–water partition coefficient (Wildman–Crippen LogP) is 2.22. The van der Waals surface area contributed by atoms with Crippen LogP contribution in [0.25, 0.3) is 0 Å². The summed E-state index contributed by atoms with van der Waals surface area (Å²) in [6, 6.07) is 5.10. The molecule has 0 saturated heterocycles. The van der Waals surface area contributed by atoms with E-state index in [-0.39, 0.29) is 17.2 Å². The van der Waals surface area contributed by atoms with Gasteiger partial charge in [-0.25, -0.2) is 4.39 Å². The third-order valence-electron chi connectivity index (χ3n) is 2.30. The van der Waals surface area contributed by atoms with Gasteiger partial charge in [-0.2, -0.15) is 0 Å². The monoisotopic (exact) mass is 198 g/mol. The Balaban J connectivity index is 2.30.